The number of likely N-dealkylation sites (tertiary alicyclic amines) is 1. The molecule has 1 aromatic carbocycles. The lowest BCUT2D eigenvalue weighted by Crippen LogP contribution is -2.45. The van der Waals surface area contributed by atoms with Gasteiger partial charge in [-0.25, -0.2) is 4.39 Å². The number of guanidine groups is 1. The van der Waals surface area contributed by atoms with Crippen LogP contribution >= 0.6 is 0 Å². The Kier molecular flexibility index (Phi) is 7.00. The van der Waals surface area contributed by atoms with Crippen LogP contribution in [0.15, 0.2) is 29.3 Å². The van der Waals surface area contributed by atoms with E-state index in [2.05, 4.69) is 15.6 Å². The van der Waals surface area contributed by atoms with Crippen molar-refractivity contribution in [3.8, 4) is 0 Å². The van der Waals surface area contributed by atoms with Crippen molar-refractivity contribution >= 4 is 11.9 Å². The van der Waals surface area contributed by atoms with Gasteiger partial charge in [-0.3, -0.25) is 9.79 Å². The van der Waals surface area contributed by atoms with Gasteiger partial charge in [0, 0.05) is 37.5 Å². The summed E-state index contributed by atoms with van der Waals surface area (Å²) in [6.45, 7) is 10.6. The standard InChI is InChI=1S/C20H31FN4O/c1-5-18(26)25-12-11-15(13-25)24-19(22-6-2)23-14-20(3,4)16-9-7-8-10-17(16)21/h7-10,15H,5-6,11-14H2,1-4H3,(H2,22,23,24). The average molecular weight is 362 g/mol. The van der Waals surface area contributed by atoms with E-state index in [1.807, 2.05) is 44.7 Å². The molecule has 1 amide bonds. The monoisotopic (exact) mass is 362 g/mol. The number of aliphatic imine (C=N–C) groups is 1. The Morgan fingerprint density at radius 1 is 1.35 bits per heavy atom. The first-order valence-corrected chi connectivity index (χ1v) is 9.45. The second-order valence-electron chi connectivity index (χ2n) is 7.38. The summed E-state index contributed by atoms with van der Waals surface area (Å²) in [5, 5.41) is 6.66. The molecule has 2 N–H and O–H groups in total. The minimum absolute atomic E-state index is 0.192. The smallest absolute Gasteiger partial charge is 0.222 e. The molecule has 1 atom stereocenters. The second-order valence-corrected chi connectivity index (χ2v) is 7.38. The van der Waals surface area contributed by atoms with Gasteiger partial charge in [-0.15, -0.1) is 0 Å². The summed E-state index contributed by atoms with van der Waals surface area (Å²) in [6, 6.07) is 7.05. The Hall–Kier alpha value is -2.11. The predicted octanol–water partition coefficient (Wildman–Crippen LogP) is 2.67. The van der Waals surface area contributed by atoms with Crippen LogP contribution in [0.2, 0.25) is 0 Å². The summed E-state index contributed by atoms with van der Waals surface area (Å²) >= 11 is 0. The van der Waals surface area contributed by atoms with Gasteiger partial charge < -0.3 is 15.5 Å². The minimum Gasteiger partial charge on any atom is -0.357 e. The van der Waals surface area contributed by atoms with Gasteiger partial charge in [0.2, 0.25) is 5.91 Å². The number of rotatable bonds is 6. The number of halogens is 1. The number of hydrogen-bond acceptors (Lipinski definition) is 2. The number of nitrogens with one attached hydrogen (secondary N) is 2. The van der Waals surface area contributed by atoms with Crippen LogP contribution in [0.4, 0.5) is 4.39 Å². The maximum Gasteiger partial charge on any atom is 0.222 e. The molecule has 0 saturated carbocycles. The fourth-order valence-electron chi connectivity index (χ4n) is 3.21. The lowest BCUT2D eigenvalue weighted by atomic mass is 9.84. The highest BCUT2D eigenvalue weighted by molar-refractivity contribution is 5.80. The minimum atomic E-state index is -0.409. The molecular formula is C20H31FN4O. The first-order valence-electron chi connectivity index (χ1n) is 9.45. The molecule has 1 heterocycles. The van der Waals surface area contributed by atoms with E-state index in [4.69, 9.17) is 0 Å². The maximum atomic E-state index is 14.1. The van der Waals surface area contributed by atoms with E-state index in [0.717, 1.165) is 19.5 Å². The second kappa shape index (κ2) is 9.01. The molecule has 26 heavy (non-hydrogen) atoms. The molecule has 1 aliphatic rings. The van der Waals surface area contributed by atoms with Crippen LogP contribution in [0.1, 0.15) is 46.1 Å². The van der Waals surface area contributed by atoms with E-state index in [9.17, 15) is 9.18 Å². The third kappa shape index (κ3) is 5.19. The fraction of sp³-hybridized carbons (Fsp3) is 0.600. The van der Waals surface area contributed by atoms with Gasteiger partial charge >= 0.3 is 0 Å². The Bertz CT molecular complexity index is 644. The highest BCUT2D eigenvalue weighted by atomic mass is 19.1. The van der Waals surface area contributed by atoms with Gasteiger partial charge in [-0.2, -0.15) is 0 Å². The molecule has 0 radical (unpaired) electrons. The van der Waals surface area contributed by atoms with Crippen LogP contribution in [-0.4, -0.2) is 49.0 Å². The molecule has 6 heteroatoms. The van der Waals surface area contributed by atoms with E-state index >= 15 is 0 Å². The normalized spacial score (nSPS) is 18.1. The van der Waals surface area contributed by atoms with E-state index in [1.165, 1.54) is 6.07 Å². The quantitative estimate of drug-likeness (QED) is 0.604. The third-order valence-corrected chi connectivity index (χ3v) is 4.76. The summed E-state index contributed by atoms with van der Waals surface area (Å²) in [6.07, 6.45) is 1.45. The summed E-state index contributed by atoms with van der Waals surface area (Å²) in [5.41, 5.74) is 0.258. The van der Waals surface area contributed by atoms with E-state index in [-0.39, 0.29) is 17.8 Å². The molecular weight excluding hydrogens is 331 g/mol. The van der Waals surface area contributed by atoms with Crippen molar-refractivity contribution in [1.82, 2.24) is 15.5 Å². The average Bonchev–Trinajstić information content (AvgIpc) is 3.08. The number of carbonyl (C=O) groups is 1. The van der Waals surface area contributed by atoms with Crippen molar-refractivity contribution in [2.24, 2.45) is 4.99 Å². The molecule has 0 aliphatic carbocycles. The van der Waals surface area contributed by atoms with Crippen LogP contribution < -0.4 is 10.6 Å². The predicted molar refractivity (Wildman–Crippen MR) is 104 cm³/mol. The molecule has 1 aliphatic heterocycles. The first kappa shape index (κ1) is 20.2. The Labute approximate surface area is 156 Å². The van der Waals surface area contributed by atoms with E-state index in [1.54, 1.807) is 6.07 Å². The van der Waals surface area contributed by atoms with Crippen molar-refractivity contribution in [3.05, 3.63) is 35.6 Å². The molecule has 0 spiro atoms. The third-order valence-electron chi connectivity index (χ3n) is 4.76. The molecule has 144 valence electrons. The van der Waals surface area contributed by atoms with Crippen molar-refractivity contribution in [2.45, 2.75) is 52.0 Å². The number of carbonyl (C=O) groups excluding carboxylic acids is 1. The zero-order valence-corrected chi connectivity index (χ0v) is 16.3. The van der Waals surface area contributed by atoms with Crippen LogP contribution in [0.5, 0.6) is 0 Å². The van der Waals surface area contributed by atoms with Gasteiger partial charge in [0.25, 0.3) is 0 Å². The topological polar surface area (TPSA) is 56.7 Å². The molecule has 0 aromatic heterocycles. The van der Waals surface area contributed by atoms with Crippen LogP contribution in [-0.2, 0) is 10.2 Å². The molecule has 1 saturated heterocycles. The summed E-state index contributed by atoms with van der Waals surface area (Å²) in [4.78, 5) is 18.4. The maximum absolute atomic E-state index is 14.1. The Morgan fingerprint density at radius 2 is 2.08 bits per heavy atom. The lowest BCUT2D eigenvalue weighted by Gasteiger charge is -2.25. The zero-order chi connectivity index (χ0) is 19.2. The summed E-state index contributed by atoms with van der Waals surface area (Å²) in [7, 11) is 0. The number of nitrogens with zero attached hydrogens (tertiary/aromatic N) is 2. The van der Waals surface area contributed by atoms with Gasteiger partial charge in [0.05, 0.1) is 6.54 Å². The largest absolute Gasteiger partial charge is 0.357 e. The SMILES string of the molecule is CCNC(=NCC(C)(C)c1ccccc1F)NC1CCN(C(=O)CC)C1. The summed E-state index contributed by atoms with van der Waals surface area (Å²) in [5.74, 6) is 0.708. The zero-order valence-electron chi connectivity index (χ0n) is 16.3. The number of amides is 1. The molecule has 0 bridgehead atoms. The van der Waals surface area contributed by atoms with Gasteiger partial charge in [0.15, 0.2) is 5.96 Å². The van der Waals surface area contributed by atoms with Crippen LogP contribution in [0.25, 0.3) is 0 Å². The highest BCUT2D eigenvalue weighted by Crippen LogP contribution is 2.26. The first-order chi connectivity index (χ1) is 12.4. The van der Waals surface area contributed by atoms with Gasteiger partial charge in [-0.05, 0) is 25.0 Å². The fourth-order valence-corrected chi connectivity index (χ4v) is 3.21. The lowest BCUT2D eigenvalue weighted by molar-refractivity contribution is -0.129. The highest BCUT2D eigenvalue weighted by Gasteiger charge is 2.27. The molecule has 1 aromatic rings. The molecule has 5 nitrogen and oxygen atoms in total. The van der Waals surface area contributed by atoms with Crippen molar-refractivity contribution < 1.29 is 9.18 Å². The Balaban J connectivity index is 2.02. The molecule has 1 fully saturated rings. The van der Waals surface area contributed by atoms with Crippen LogP contribution in [0.3, 0.4) is 0 Å². The van der Waals surface area contributed by atoms with Gasteiger partial charge in [-0.1, -0.05) is 39.0 Å². The van der Waals surface area contributed by atoms with Crippen LogP contribution in [0, 0.1) is 5.82 Å². The molecule has 1 unspecified atom stereocenters. The van der Waals surface area contributed by atoms with Crippen molar-refractivity contribution in [3.63, 3.8) is 0 Å². The Morgan fingerprint density at radius 3 is 2.73 bits per heavy atom. The van der Waals surface area contributed by atoms with E-state index in [0.29, 0.717) is 31.0 Å². The van der Waals surface area contributed by atoms with Crippen molar-refractivity contribution in [1.29, 1.82) is 0 Å². The number of hydrogen-bond donors (Lipinski definition) is 2. The summed E-state index contributed by atoms with van der Waals surface area (Å²) < 4.78 is 14.1. The molecule has 2 rings (SSSR count). The van der Waals surface area contributed by atoms with E-state index < -0.39 is 5.41 Å². The number of benzene rings is 1. The van der Waals surface area contributed by atoms with Gasteiger partial charge in [0.1, 0.15) is 5.82 Å². The van der Waals surface area contributed by atoms with Crippen molar-refractivity contribution in [2.75, 3.05) is 26.2 Å².